The second-order valence-electron chi connectivity index (χ2n) is 4.83. The van der Waals surface area contributed by atoms with Crippen molar-refractivity contribution in [3.8, 4) is 0 Å². The van der Waals surface area contributed by atoms with Crippen LogP contribution in [-0.4, -0.2) is 24.0 Å². The maximum Gasteiger partial charge on any atom is 0.252 e. The van der Waals surface area contributed by atoms with Crippen molar-refractivity contribution in [2.24, 2.45) is 11.1 Å². The minimum Gasteiger partial charge on any atom is -0.351 e. The number of rotatable bonds is 5. The molecule has 5 nitrogen and oxygen atoms in total. The Bertz CT molecular complexity index is 417. The molecule has 5 heteroatoms. The highest BCUT2D eigenvalue weighted by atomic mass is 16.1. The van der Waals surface area contributed by atoms with E-state index in [4.69, 9.17) is 5.73 Å². The van der Waals surface area contributed by atoms with Gasteiger partial charge in [0.25, 0.3) is 5.91 Å². The molecule has 0 saturated heterocycles. The summed E-state index contributed by atoms with van der Waals surface area (Å²) in [5, 5.41) is 2.83. The molecule has 0 aliphatic rings. The Labute approximate surface area is 100 Å². The second kappa shape index (κ2) is 5.63. The lowest BCUT2D eigenvalue weighted by Gasteiger charge is -2.24. The summed E-state index contributed by atoms with van der Waals surface area (Å²) in [5.74, 6) is -0.189. The van der Waals surface area contributed by atoms with Gasteiger partial charge in [0, 0.05) is 18.8 Å². The summed E-state index contributed by atoms with van der Waals surface area (Å²) >= 11 is 0. The van der Waals surface area contributed by atoms with E-state index in [0.717, 1.165) is 6.42 Å². The minimum absolute atomic E-state index is 0.0212. The summed E-state index contributed by atoms with van der Waals surface area (Å²) < 4.78 is 0. The molecule has 94 valence electrons. The van der Waals surface area contributed by atoms with E-state index < -0.39 is 0 Å². The van der Waals surface area contributed by atoms with Crippen LogP contribution in [0.5, 0.6) is 0 Å². The molecule has 0 bridgehead atoms. The smallest absolute Gasteiger partial charge is 0.252 e. The van der Waals surface area contributed by atoms with Crippen molar-refractivity contribution in [3.63, 3.8) is 0 Å². The fourth-order valence-corrected chi connectivity index (χ4v) is 1.45. The molecule has 1 aromatic heterocycles. The van der Waals surface area contributed by atoms with Gasteiger partial charge in [0.15, 0.2) is 0 Å². The molecular weight excluding hydrogens is 218 g/mol. The maximum atomic E-state index is 11.7. The average molecular weight is 237 g/mol. The molecule has 0 aliphatic carbocycles. The van der Waals surface area contributed by atoms with Crippen LogP contribution in [0.3, 0.4) is 0 Å². The molecule has 0 saturated carbocycles. The molecule has 1 amide bonds. The highest BCUT2D eigenvalue weighted by Gasteiger charge is 2.18. The molecule has 1 rings (SSSR count). The number of pyridine rings is 1. The predicted molar refractivity (Wildman–Crippen MR) is 66.8 cm³/mol. The first-order chi connectivity index (χ1) is 7.94. The third kappa shape index (κ3) is 4.40. The van der Waals surface area contributed by atoms with Gasteiger partial charge in [0.2, 0.25) is 5.56 Å². The van der Waals surface area contributed by atoms with Crippen molar-refractivity contribution < 1.29 is 4.79 Å². The molecule has 0 atom stereocenters. The number of carbonyl (C=O) groups excluding carboxylic acids is 1. The van der Waals surface area contributed by atoms with Gasteiger partial charge < -0.3 is 16.0 Å². The van der Waals surface area contributed by atoms with Crippen LogP contribution >= 0.6 is 0 Å². The fourth-order valence-electron chi connectivity index (χ4n) is 1.45. The van der Waals surface area contributed by atoms with Gasteiger partial charge in [-0.2, -0.15) is 0 Å². The molecule has 0 radical (unpaired) electrons. The van der Waals surface area contributed by atoms with Crippen LogP contribution < -0.4 is 16.6 Å². The number of amides is 1. The summed E-state index contributed by atoms with van der Waals surface area (Å²) in [6, 6.07) is 2.84. The molecular formula is C12H19N3O2. The number of hydrogen-bond acceptors (Lipinski definition) is 3. The van der Waals surface area contributed by atoms with Gasteiger partial charge in [-0.3, -0.25) is 9.59 Å². The van der Waals surface area contributed by atoms with Gasteiger partial charge in [-0.25, -0.2) is 0 Å². The topological polar surface area (TPSA) is 88.0 Å². The molecule has 0 aliphatic heterocycles. The fraction of sp³-hybridized carbons (Fsp3) is 0.500. The zero-order valence-corrected chi connectivity index (χ0v) is 10.2. The first kappa shape index (κ1) is 13.4. The Morgan fingerprint density at radius 1 is 1.47 bits per heavy atom. The standard InChI is InChI=1S/C12H19N3O2/c1-12(2,5-6-13)8-15-11(17)9-3-4-10(16)14-7-9/h3-4,7H,5-6,8,13H2,1-2H3,(H,14,16)(H,15,17). The zero-order valence-electron chi connectivity index (χ0n) is 10.2. The van der Waals surface area contributed by atoms with Gasteiger partial charge >= 0.3 is 0 Å². The molecule has 0 spiro atoms. The summed E-state index contributed by atoms with van der Waals surface area (Å²) in [6.45, 7) is 5.25. The van der Waals surface area contributed by atoms with Crippen molar-refractivity contribution in [3.05, 3.63) is 34.2 Å². The van der Waals surface area contributed by atoms with E-state index in [1.165, 1.54) is 18.3 Å². The van der Waals surface area contributed by atoms with E-state index in [2.05, 4.69) is 10.3 Å². The number of nitrogens with two attached hydrogens (primary N) is 1. The number of nitrogens with one attached hydrogen (secondary N) is 2. The van der Waals surface area contributed by atoms with E-state index in [1.807, 2.05) is 13.8 Å². The van der Waals surface area contributed by atoms with Crippen LogP contribution in [0.25, 0.3) is 0 Å². The maximum absolute atomic E-state index is 11.7. The monoisotopic (exact) mass is 237 g/mol. The third-order valence-corrected chi connectivity index (χ3v) is 2.59. The molecule has 4 N–H and O–H groups in total. The van der Waals surface area contributed by atoms with Gasteiger partial charge in [-0.15, -0.1) is 0 Å². The van der Waals surface area contributed by atoms with Crippen molar-refractivity contribution >= 4 is 5.91 Å². The number of hydrogen-bond donors (Lipinski definition) is 3. The molecule has 17 heavy (non-hydrogen) atoms. The average Bonchev–Trinajstić information content (AvgIpc) is 2.27. The van der Waals surface area contributed by atoms with Gasteiger partial charge in [-0.05, 0) is 24.4 Å². The lowest BCUT2D eigenvalue weighted by atomic mass is 9.89. The summed E-state index contributed by atoms with van der Waals surface area (Å²) in [5.41, 5.74) is 5.71. The van der Waals surface area contributed by atoms with E-state index in [1.54, 1.807) is 0 Å². The first-order valence-corrected chi connectivity index (χ1v) is 5.62. The second-order valence-corrected chi connectivity index (χ2v) is 4.83. The zero-order chi connectivity index (χ0) is 12.9. The van der Waals surface area contributed by atoms with Crippen LogP contribution in [0.4, 0.5) is 0 Å². The molecule has 0 aromatic carbocycles. The highest BCUT2D eigenvalue weighted by Crippen LogP contribution is 2.17. The molecule has 1 aromatic rings. The van der Waals surface area contributed by atoms with Crippen molar-refractivity contribution in [2.45, 2.75) is 20.3 Å². The number of H-pyrrole nitrogens is 1. The van der Waals surface area contributed by atoms with Gasteiger partial charge in [-0.1, -0.05) is 13.8 Å². The SMILES string of the molecule is CC(C)(CCN)CNC(=O)c1ccc(=O)[nH]c1. The van der Waals surface area contributed by atoms with E-state index >= 15 is 0 Å². The van der Waals surface area contributed by atoms with Crippen LogP contribution in [0.15, 0.2) is 23.1 Å². The number of aromatic amines is 1. The Morgan fingerprint density at radius 2 is 2.18 bits per heavy atom. The Hall–Kier alpha value is -1.62. The van der Waals surface area contributed by atoms with Crippen LogP contribution in [-0.2, 0) is 0 Å². The van der Waals surface area contributed by atoms with Crippen LogP contribution in [0, 0.1) is 5.41 Å². The lowest BCUT2D eigenvalue weighted by Crippen LogP contribution is -2.35. The normalized spacial score (nSPS) is 11.2. The lowest BCUT2D eigenvalue weighted by molar-refractivity contribution is 0.0934. The summed E-state index contributed by atoms with van der Waals surface area (Å²) in [6.07, 6.45) is 2.26. The van der Waals surface area contributed by atoms with E-state index in [-0.39, 0.29) is 16.9 Å². The molecule has 1 heterocycles. The van der Waals surface area contributed by atoms with Crippen molar-refractivity contribution in [1.29, 1.82) is 0 Å². The van der Waals surface area contributed by atoms with Crippen LogP contribution in [0.2, 0.25) is 0 Å². The Kier molecular flexibility index (Phi) is 4.45. The summed E-state index contributed by atoms with van der Waals surface area (Å²) in [7, 11) is 0. The Morgan fingerprint density at radius 3 is 2.71 bits per heavy atom. The summed E-state index contributed by atoms with van der Waals surface area (Å²) in [4.78, 5) is 25.1. The largest absolute Gasteiger partial charge is 0.351 e. The minimum atomic E-state index is -0.218. The number of carbonyl (C=O) groups is 1. The number of aromatic nitrogens is 1. The first-order valence-electron chi connectivity index (χ1n) is 5.62. The third-order valence-electron chi connectivity index (χ3n) is 2.59. The van der Waals surface area contributed by atoms with Crippen molar-refractivity contribution in [2.75, 3.05) is 13.1 Å². The van der Waals surface area contributed by atoms with E-state index in [9.17, 15) is 9.59 Å². The van der Waals surface area contributed by atoms with Gasteiger partial charge in [0.1, 0.15) is 0 Å². The van der Waals surface area contributed by atoms with Crippen LogP contribution in [0.1, 0.15) is 30.6 Å². The van der Waals surface area contributed by atoms with Gasteiger partial charge in [0.05, 0.1) is 5.56 Å². The molecule has 0 unspecified atom stereocenters. The highest BCUT2D eigenvalue weighted by molar-refractivity contribution is 5.93. The predicted octanol–water partition coefficient (Wildman–Crippen LogP) is 0.480. The Balaban J connectivity index is 2.55. The van der Waals surface area contributed by atoms with Crippen molar-refractivity contribution in [1.82, 2.24) is 10.3 Å². The van der Waals surface area contributed by atoms with E-state index in [0.29, 0.717) is 18.7 Å². The quantitative estimate of drug-likeness (QED) is 0.696. The molecule has 0 fully saturated rings.